The third kappa shape index (κ3) is 3.34. The number of carbonyl (C=O) groups is 1. The predicted molar refractivity (Wildman–Crippen MR) is 82.8 cm³/mol. The number of ether oxygens (including phenoxy) is 3. The Labute approximate surface area is 133 Å². The molecule has 3 rings (SSSR count). The van der Waals surface area contributed by atoms with Crippen LogP contribution in [0.15, 0.2) is 42.5 Å². The van der Waals surface area contributed by atoms with Gasteiger partial charge in [-0.15, -0.1) is 0 Å². The van der Waals surface area contributed by atoms with E-state index in [1.165, 1.54) is 0 Å². The van der Waals surface area contributed by atoms with Gasteiger partial charge in [0, 0.05) is 5.02 Å². The molecular formula is C17H15ClO4. The minimum Gasteiger partial charge on any atom is -0.486 e. The van der Waals surface area contributed by atoms with Crippen LogP contribution in [0.1, 0.15) is 15.9 Å². The standard InChI is InChI=1S/C17H15ClO4/c1-11-2-7-15-16(8-11)21-10-14(9-20-15)22-17(19)12-3-5-13(18)6-4-12/h2-8,14H,9-10H2,1H3. The van der Waals surface area contributed by atoms with Crippen molar-refractivity contribution >= 4 is 17.6 Å². The molecule has 22 heavy (non-hydrogen) atoms. The second-order valence-electron chi connectivity index (χ2n) is 5.11. The summed E-state index contributed by atoms with van der Waals surface area (Å²) in [6, 6.07) is 12.3. The van der Waals surface area contributed by atoms with E-state index in [2.05, 4.69) is 0 Å². The Morgan fingerprint density at radius 3 is 2.50 bits per heavy atom. The van der Waals surface area contributed by atoms with Crippen LogP contribution in [0.5, 0.6) is 11.5 Å². The van der Waals surface area contributed by atoms with Gasteiger partial charge >= 0.3 is 5.97 Å². The lowest BCUT2D eigenvalue weighted by Crippen LogP contribution is -2.29. The largest absolute Gasteiger partial charge is 0.486 e. The van der Waals surface area contributed by atoms with Gasteiger partial charge in [0.05, 0.1) is 5.56 Å². The first kappa shape index (κ1) is 14.7. The van der Waals surface area contributed by atoms with Gasteiger partial charge in [-0.3, -0.25) is 0 Å². The topological polar surface area (TPSA) is 44.8 Å². The van der Waals surface area contributed by atoms with Crippen LogP contribution in [-0.4, -0.2) is 25.3 Å². The number of aryl methyl sites for hydroxylation is 1. The maximum absolute atomic E-state index is 12.1. The van der Waals surface area contributed by atoms with Crippen molar-refractivity contribution in [2.45, 2.75) is 13.0 Å². The molecule has 1 unspecified atom stereocenters. The van der Waals surface area contributed by atoms with Crippen molar-refractivity contribution in [1.29, 1.82) is 0 Å². The van der Waals surface area contributed by atoms with Gasteiger partial charge in [-0.2, -0.15) is 0 Å². The van der Waals surface area contributed by atoms with Crippen LogP contribution in [0, 0.1) is 6.92 Å². The van der Waals surface area contributed by atoms with Gasteiger partial charge in [0.25, 0.3) is 0 Å². The van der Waals surface area contributed by atoms with Crippen molar-refractivity contribution in [1.82, 2.24) is 0 Å². The van der Waals surface area contributed by atoms with Crippen molar-refractivity contribution in [3.05, 3.63) is 58.6 Å². The molecule has 0 aliphatic carbocycles. The quantitative estimate of drug-likeness (QED) is 0.793. The first-order chi connectivity index (χ1) is 10.6. The number of carbonyl (C=O) groups excluding carboxylic acids is 1. The molecule has 0 aromatic heterocycles. The van der Waals surface area contributed by atoms with Gasteiger partial charge in [-0.25, -0.2) is 4.79 Å². The van der Waals surface area contributed by atoms with Crippen molar-refractivity contribution in [3.8, 4) is 11.5 Å². The van der Waals surface area contributed by atoms with Crippen LogP contribution in [0.4, 0.5) is 0 Å². The van der Waals surface area contributed by atoms with E-state index in [0.29, 0.717) is 22.1 Å². The average molecular weight is 319 g/mol. The van der Waals surface area contributed by atoms with Crippen LogP contribution in [0.3, 0.4) is 0 Å². The maximum atomic E-state index is 12.1. The number of halogens is 1. The highest BCUT2D eigenvalue weighted by Crippen LogP contribution is 2.30. The lowest BCUT2D eigenvalue weighted by atomic mass is 10.2. The van der Waals surface area contributed by atoms with E-state index in [4.69, 9.17) is 25.8 Å². The zero-order valence-corrected chi connectivity index (χ0v) is 12.8. The second kappa shape index (κ2) is 6.28. The summed E-state index contributed by atoms with van der Waals surface area (Å²) in [5.74, 6) is 0.914. The molecule has 1 heterocycles. The maximum Gasteiger partial charge on any atom is 0.338 e. The molecule has 2 aromatic rings. The Morgan fingerprint density at radius 1 is 1.09 bits per heavy atom. The molecule has 0 N–H and O–H groups in total. The molecule has 1 aliphatic rings. The SMILES string of the molecule is Cc1ccc2c(c1)OCC(OC(=O)c1ccc(Cl)cc1)CO2. The molecule has 2 aromatic carbocycles. The van der Waals surface area contributed by atoms with Crippen molar-refractivity contribution in [3.63, 3.8) is 0 Å². The number of esters is 1. The molecule has 114 valence electrons. The van der Waals surface area contributed by atoms with Crippen LogP contribution in [0.2, 0.25) is 5.02 Å². The van der Waals surface area contributed by atoms with Crippen LogP contribution in [-0.2, 0) is 4.74 Å². The summed E-state index contributed by atoms with van der Waals surface area (Å²) in [6.07, 6.45) is -0.462. The summed E-state index contributed by atoms with van der Waals surface area (Å²) < 4.78 is 16.7. The normalized spacial score (nSPS) is 16.7. The van der Waals surface area contributed by atoms with Crippen molar-refractivity contribution in [2.75, 3.05) is 13.2 Å². The third-order valence-corrected chi connectivity index (χ3v) is 3.55. The molecule has 1 atom stereocenters. The first-order valence-corrected chi connectivity index (χ1v) is 7.32. The molecule has 0 bridgehead atoms. The Kier molecular flexibility index (Phi) is 4.20. The highest BCUT2D eigenvalue weighted by Gasteiger charge is 2.22. The molecule has 0 radical (unpaired) electrons. The Balaban J connectivity index is 1.65. The summed E-state index contributed by atoms with van der Waals surface area (Å²) in [5, 5.41) is 0.573. The zero-order valence-electron chi connectivity index (χ0n) is 12.0. The Bertz CT molecular complexity index is 682. The predicted octanol–water partition coefficient (Wildman–Crippen LogP) is 3.65. The van der Waals surface area contributed by atoms with E-state index in [1.807, 2.05) is 25.1 Å². The van der Waals surface area contributed by atoms with Gasteiger partial charge < -0.3 is 14.2 Å². The molecular weight excluding hydrogens is 304 g/mol. The fourth-order valence-electron chi connectivity index (χ4n) is 2.13. The van der Waals surface area contributed by atoms with E-state index < -0.39 is 12.1 Å². The van der Waals surface area contributed by atoms with E-state index >= 15 is 0 Å². The molecule has 0 saturated heterocycles. The van der Waals surface area contributed by atoms with Crippen LogP contribution >= 0.6 is 11.6 Å². The summed E-state index contributed by atoms with van der Waals surface area (Å²) in [7, 11) is 0. The van der Waals surface area contributed by atoms with Gasteiger partial charge in [-0.1, -0.05) is 17.7 Å². The average Bonchev–Trinajstić information content (AvgIpc) is 2.70. The molecule has 0 spiro atoms. The van der Waals surface area contributed by atoms with E-state index in [0.717, 1.165) is 5.56 Å². The number of benzene rings is 2. The molecule has 0 fully saturated rings. The fraction of sp³-hybridized carbons (Fsp3) is 0.235. The number of hydrogen-bond acceptors (Lipinski definition) is 4. The van der Waals surface area contributed by atoms with E-state index in [1.54, 1.807) is 24.3 Å². The van der Waals surface area contributed by atoms with E-state index in [-0.39, 0.29) is 13.2 Å². The highest BCUT2D eigenvalue weighted by atomic mass is 35.5. The van der Waals surface area contributed by atoms with Gasteiger partial charge in [0.1, 0.15) is 13.2 Å². The Hall–Kier alpha value is -2.20. The minimum absolute atomic E-state index is 0.259. The van der Waals surface area contributed by atoms with E-state index in [9.17, 15) is 4.79 Å². The summed E-state index contributed by atoms with van der Waals surface area (Å²) in [5.41, 5.74) is 1.53. The zero-order chi connectivity index (χ0) is 15.5. The molecule has 0 amide bonds. The Morgan fingerprint density at radius 2 is 1.77 bits per heavy atom. The smallest absolute Gasteiger partial charge is 0.338 e. The molecule has 5 heteroatoms. The minimum atomic E-state index is -0.462. The second-order valence-corrected chi connectivity index (χ2v) is 5.54. The fourth-order valence-corrected chi connectivity index (χ4v) is 2.26. The van der Waals surface area contributed by atoms with Gasteiger partial charge in [-0.05, 0) is 48.9 Å². The monoisotopic (exact) mass is 318 g/mol. The number of hydrogen-bond donors (Lipinski definition) is 0. The lowest BCUT2D eigenvalue weighted by molar-refractivity contribution is 0.00856. The molecule has 0 saturated carbocycles. The van der Waals surface area contributed by atoms with Crippen molar-refractivity contribution in [2.24, 2.45) is 0 Å². The third-order valence-electron chi connectivity index (χ3n) is 3.30. The highest BCUT2D eigenvalue weighted by molar-refractivity contribution is 6.30. The van der Waals surface area contributed by atoms with Gasteiger partial charge in [0.15, 0.2) is 17.6 Å². The van der Waals surface area contributed by atoms with Crippen LogP contribution < -0.4 is 9.47 Å². The number of rotatable bonds is 2. The molecule has 4 nitrogen and oxygen atoms in total. The summed E-state index contributed by atoms with van der Waals surface area (Å²) in [6.45, 7) is 2.50. The summed E-state index contributed by atoms with van der Waals surface area (Å²) >= 11 is 5.80. The van der Waals surface area contributed by atoms with Crippen molar-refractivity contribution < 1.29 is 19.0 Å². The first-order valence-electron chi connectivity index (χ1n) is 6.94. The number of fused-ring (bicyclic) bond motifs is 1. The summed E-state index contributed by atoms with van der Waals surface area (Å²) in [4.78, 5) is 12.1. The van der Waals surface area contributed by atoms with Gasteiger partial charge in [0.2, 0.25) is 0 Å². The molecule has 1 aliphatic heterocycles. The van der Waals surface area contributed by atoms with Crippen LogP contribution in [0.25, 0.3) is 0 Å². The lowest BCUT2D eigenvalue weighted by Gasteiger charge is -2.14.